The van der Waals surface area contributed by atoms with Crippen molar-refractivity contribution in [3.05, 3.63) is 89.2 Å². The van der Waals surface area contributed by atoms with Gasteiger partial charge in [0.25, 0.3) is 0 Å². The van der Waals surface area contributed by atoms with Crippen LogP contribution in [0.4, 0.5) is 0 Å². The fourth-order valence-electron chi connectivity index (χ4n) is 4.34. The number of pyridine rings is 1. The highest BCUT2D eigenvalue weighted by Crippen LogP contribution is 2.42. The number of aryl methyl sites for hydroxylation is 2. The zero-order valence-electron chi connectivity index (χ0n) is 19.5. The number of benzene rings is 2. The van der Waals surface area contributed by atoms with Crippen molar-refractivity contribution in [1.29, 1.82) is 0 Å². The summed E-state index contributed by atoms with van der Waals surface area (Å²) < 4.78 is 37.2. The molecule has 178 valence electrons. The van der Waals surface area contributed by atoms with Crippen molar-refractivity contribution in [1.82, 2.24) is 4.98 Å². The van der Waals surface area contributed by atoms with E-state index in [1.807, 2.05) is 43.3 Å². The van der Waals surface area contributed by atoms with Crippen LogP contribution in [0.2, 0.25) is 0 Å². The predicted octanol–water partition coefficient (Wildman–Crippen LogP) is 5.11. The van der Waals surface area contributed by atoms with E-state index < -0.39 is 20.6 Å². The zero-order valence-corrected chi connectivity index (χ0v) is 20.3. The van der Waals surface area contributed by atoms with Gasteiger partial charge in [-0.15, -0.1) is 0 Å². The lowest BCUT2D eigenvalue weighted by atomic mass is 10.1. The summed E-state index contributed by atoms with van der Waals surface area (Å²) in [6, 6.07) is 18.2. The summed E-state index contributed by atoms with van der Waals surface area (Å²) in [5, 5.41) is 0. The normalized spacial score (nSPS) is 15.1. The van der Waals surface area contributed by atoms with E-state index in [4.69, 9.17) is 9.47 Å². The van der Waals surface area contributed by atoms with Gasteiger partial charge < -0.3 is 9.47 Å². The molecule has 1 aromatic heterocycles. The first-order chi connectivity index (χ1) is 16.3. The molecule has 2 aromatic carbocycles. The summed E-state index contributed by atoms with van der Waals surface area (Å²) in [5.74, 6) is 0.00637. The molecule has 0 spiro atoms. The second-order valence-corrected chi connectivity index (χ2v) is 11.0. The molecule has 7 heteroatoms. The first-order valence-electron chi connectivity index (χ1n) is 11.4. The van der Waals surface area contributed by atoms with Gasteiger partial charge in [-0.05, 0) is 73.7 Å². The number of hydrogen-bond acceptors (Lipinski definition) is 6. The molecule has 0 amide bonds. The molecule has 0 aliphatic heterocycles. The van der Waals surface area contributed by atoms with Crippen molar-refractivity contribution in [3.63, 3.8) is 0 Å². The maximum atomic E-state index is 13.7. The Morgan fingerprint density at radius 3 is 2.38 bits per heavy atom. The lowest BCUT2D eigenvalue weighted by molar-refractivity contribution is -0.148. The van der Waals surface area contributed by atoms with Crippen LogP contribution in [0, 0.1) is 13.8 Å². The number of carbonyl (C=O) groups is 1. The molecule has 1 aliphatic carbocycles. The molecule has 0 N–H and O–H groups in total. The molecule has 3 aromatic rings. The van der Waals surface area contributed by atoms with Gasteiger partial charge in [0, 0.05) is 6.20 Å². The van der Waals surface area contributed by atoms with Crippen LogP contribution in [0.25, 0.3) is 0 Å². The van der Waals surface area contributed by atoms with Gasteiger partial charge in [0.15, 0.2) is 14.6 Å². The zero-order chi connectivity index (χ0) is 24.2. The summed E-state index contributed by atoms with van der Waals surface area (Å²) >= 11 is 0. The Morgan fingerprint density at radius 1 is 0.971 bits per heavy atom. The molecule has 0 bridgehead atoms. The van der Waals surface area contributed by atoms with Crippen LogP contribution >= 0.6 is 0 Å². The van der Waals surface area contributed by atoms with Crippen LogP contribution in [-0.2, 0) is 32.6 Å². The molecular weight excluding hydrogens is 450 g/mol. The van der Waals surface area contributed by atoms with Crippen molar-refractivity contribution >= 4 is 15.8 Å². The van der Waals surface area contributed by atoms with E-state index >= 15 is 0 Å². The van der Waals surface area contributed by atoms with E-state index in [0.29, 0.717) is 30.8 Å². The average molecular weight is 480 g/mol. The fraction of sp³-hybridized carbons (Fsp3) is 0.333. The molecule has 6 nitrogen and oxygen atoms in total. The van der Waals surface area contributed by atoms with E-state index in [2.05, 4.69) is 4.98 Å². The maximum Gasteiger partial charge on any atom is 0.328 e. The van der Waals surface area contributed by atoms with Crippen LogP contribution in [0.3, 0.4) is 0 Å². The SMILES string of the molecule is Cc1ccc(C)c(S(=O)(=O)C2(C(=O)OCc3ccc(OCc4ccccn4)cc3)CCCC2)c1. The number of sulfone groups is 1. The molecule has 34 heavy (non-hydrogen) atoms. The smallest absolute Gasteiger partial charge is 0.328 e. The molecule has 0 radical (unpaired) electrons. The second-order valence-electron chi connectivity index (χ2n) is 8.80. The Labute approximate surface area is 200 Å². The lowest BCUT2D eigenvalue weighted by Gasteiger charge is -2.27. The highest BCUT2D eigenvalue weighted by Gasteiger charge is 2.54. The van der Waals surface area contributed by atoms with E-state index in [1.165, 1.54) is 0 Å². The van der Waals surface area contributed by atoms with Gasteiger partial charge in [-0.25, -0.2) is 8.42 Å². The number of aromatic nitrogens is 1. The third kappa shape index (κ3) is 4.85. The minimum Gasteiger partial charge on any atom is -0.487 e. The van der Waals surface area contributed by atoms with Crippen molar-refractivity contribution in [2.45, 2.75) is 62.4 Å². The highest BCUT2D eigenvalue weighted by molar-refractivity contribution is 7.93. The van der Waals surface area contributed by atoms with E-state index in [9.17, 15) is 13.2 Å². The Morgan fingerprint density at radius 2 is 1.71 bits per heavy atom. The van der Waals surface area contributed by atoms with Crippen molar-refractivity contribution in [3.8, 4) is 5.75 Å². The number of rotatable bonds is 8. The number of nitrogens with zero attached hydrogens (tertiary/aromatic N) is 1. The topological polar surface area (TPSA) is 82.6 Å². The van der Waals surface area contributed by atoms with Crippen LogP contribution in [0.15, 0.2) is 71.8 Å². The van der Waals surface area contributed by atoms with Crippen LogP contribution < -0.4 is 4.74 Å². The van der Waals surface area contributed by atoms with E-state index in [1.54, 1.807) is 37.4 Å². The third-order valence-electron chi connectivity index (χ3n) is 6.34. The number of ether oxygens (including phenoxy) is 2. The standard InChI is InChI=1S/C27H29NO5S/c1-20-8-9-21(2)25(17-20)34(30,31)27(14-4-5-15-27)26(29)33-18-22-10-12-24(13-11-22)32-19-23-7-3-6-16-28-23/h3,6-13,16-17H,4-5,14-15,18-19H2,1-2H3. The van der Waals surface area contributed by atoms with E-state index in [-0.39, 0.29) is 24.3 Å². The Bertz CT molecular complexity index is 1250. The maximum absolute atomic E-state index is 13.7. The molecule has 0 unspecified atom stereocenters. The van der Waals surface area contributed by atoms with Gasteiger partial charge in [0.05, 0.1) is 10.6 Å². The summed E-state index contributed by atoms with van der Waals surface area (Å²) in [6.07, 6.45) is 3.64. The first kappa shape index (κ1) is 24.0. The van der Waals surface area contributed by atoms with Crippen LogP contribution in [-0.4, -0.2) is 24.1 Å². The molecule has 4 rings (SSSR count). The molecule has 1 fully saturated rings. The van der Waals surface area contributed by atoms with Gasteiger partial charge in [-0.3, -0.25) is 9.78 Å². The van der Waals surface area contributed by atoms with Gasteiger partial charge in [-0.2, -0.15) is 0 Å². The largest absolute Gasteiger partial charge is 0.487 e. The molecule has 0 atom stereocenters. The monoisotopic (exact) mass is 479 g/mol. The summed E-state index contributed by atoms with van der Waals surface area (Å²) in [4.78, 5) is 17.7. The minimum absolute atomic E-state index is 0.00340. The first-order valence-corrected chi connectivity index (χ1v) is 12.9. The highest BCUT2D eigenvalue weighted by atomic mass is 32.2. The summed E-state index contributed by atoms with van der Waals surface area (Å²) in [5.41, 5.74) is 3.07. The van der Waals surface area contributed by atoms with Gasteiger partial charge in [0.2, 0.25) is 0 Å². The molecule has 0 saturated heterocycles. The molecular formula is C27H29NO5S. The Kier molecular flexibility index (Phi) is 7.03. The minimum atomic E-state index is -3.90. The predicted molar refractivity (Wildman–Crippen MR) is 129 cm³/mol. The number of hydrogen-bond donors (Lipinski definition) is 0. The summed E-state index contributed by atoms with van der Waals surface area (Å²) in [7, 11) is -3.90. The van der Waals surface area contributed by atoms with Gasteiger partial charge >= 0.3 is 5.97 Å². The molecule has 1 heterocycles. The Hall–Kier alpha value is -3.19. The summed E-state index contributed by atoms with van der Waals surface area (Å²) in [6.45, 7) is 3.97. The van der Waals surface area contributed by atoms with Gasteiger partial charge in [-0.1, -0.05) is 43.2 Å². The van der Waals surface area contributed by atoms with E-state index in [0.717, 1.165) is 16.8 Å². The quantitative estimate of drug-likeness (QED) is 0.418. The van der Waals surface area contributed by atoms with Crippen molar-refractivity contribution in [2.75, 3.05) is 0 Å². The van der Waals surface area contributed by atoms with Gasteiger partial charge in [0.1, 0.15) is 19.0 Å². The second kappa shape index (κ2) is 9.97. The van der Waals surface area contributed by atoms with Crippen molar-refractivity contribution in [2.24, 2.45) is 0 Å². The lowest BCUT2D eigenvalue weighted by Crippen LogP contribution is -2.45. The van der Waals surface area contributed by atoms with Crippen LogP contribution in [0.5, 0.6) is 5.75 Å². The average Bonchev–Trinajstić information content (AvgIpc) is 3.36. The molecule has 1 saturated carbocycles. The third-order valence-corrected chi connectivity index (χ3v) is 8.96. The number of carbonyl (C=O) groups excluding carboxylic acids is 1. The molecule has 1 aliphatic rings. The Balaban J connectivity index is 1.45. The van der Waals surface area contributed by atoms with Crippen molar-refractivity contribution < 1.29 is 22.7 Å². The van der Waals surface area contributed by atoms with Crippen LogP contribution in [0.1, 0.15) is 48.1 Å². The number of esters is 1. The fourth-order valence-corrected chi connectivity index (χ4v) is 6.70.